The van der Waals surface area contributed by atoms with Crippen LogP contribution in [-0.2, 0) is 6.54 Å². The molecule has 0 unspecified atom stereocenters. The summed E-state index contributed by atoms with van der Waals surface area (Å²) >= 11 is 0. The van der Waals surface area contributed by atoms with Crippen LogP contribution in [0.4, 0.5) is 0 Å². The maximum absolute atomic E-state index is 4.35. The minimum absolute atomic E-state index is 0. The third-order valence-corrected chi connectivity index (χ3v) is 5.22. The Labute approximate surface area is 179 Å². The molecule has 0 radical (unpaired) electrons. The average molecular weight is 445 g/mol. The van der Waals surface area contributed by atoms with Crippen LogP contribution < -0.4 is 21.5 Å². The molecule has 0 spiro atoms. The summed E-state index contributed by atoms with van der Waals surface area (Å²) in [5, 5.41) is 8.66. The number of unbranched alkanes of at least 4 members (excludes halogenated alkanes) is 9. The highest BCUT2D eigenvalue weighted by molar-refractivity contribution is 5.73. The van der Waals surface area contributed by atoms with Gasteiger partial charge in [0.15, 0.2) is 17.9 Å². The topological polar surface area (TPSA) is 34.6 Å². The van der Waals surface area contributed by atoms with Gasteiger partial charge in [-0.3, -0.25) is 0 Å². The van der Waals surface area contributed by atoms with E-state index < -0.39 is 0 Å². The first kappa shape index (κ1) is 22.5. The highest BCUT2D eigenvalue weighted by Crippen LogP contribution is 2.14. The average Bonchev–Trinajstić information content (AvgIpc) is 3.13. The molecule has 0 saturated carbocycles. The van der Waals surface area contributed by atoms with Crippen LogP contribution in [0.2, 0.25) is 0 Å². The molecule has 0 saturated heterocycles. The Hall–Kier alpha value is -1.75. The molecule has 0 amide bonds. The normalized spacial score (nSPS) is 10.9. The van der Waals surface area contributed by atoms with Crippen LogP contribution in [0.1, 0.15) is 71.1 Å². The van der Waals surface area contributed by atoms with Gasteiger partial charge >= 0.3 is 0 Å². The van der Waals surface area contributed by atoms with Crippen LogP contribution in [0.15, 0.2) is 48.8 Å². The summed E-state index contributed by atoms with van der Waals surface area (Å²) in [6, 6.07) is 12.3. The maximum atomic E-state index is 4.35. The predicted octanol–water partition coefficient (Wildman–Crippen LogP) is 2.63. The van der Waals surface area contributed by atoms with Crippen LogP contribution >= 0.6 is 0 Å². The van der Waals surface area contributed by atoms with Crippen molar-refractivity contribution < 1.29 is 21.5 Å². The first-order valence-corrected chi connectivity index (χ1v) is 10.7. The van der Waals surface area contributed by atoms with Gasteiger partial charge in [0.05, 0.1) is 5.69 Å². The van der Waals surface area contributed by atoms with Crippen molar-refractivity contribution in [2.24, 2.45) is 0 Å². The Morgan fingerprint density at radius 1 is 0.821 bits per heavy atom. The Morgan fingerprint density at radius 2 is 1.46 bits per heavy atom. The monoisotopic (exact) mass is 444 g/mol. The minimum Gasteiger partial charge on any atom is -1.00 e. The number of rotatable bonds is 12. The van der Waals surface area contributed by atoms with Gasteiger partial charge < -0.3 is 17.0 Å². The highest BCUT2D eigenvalue weighted by atomic mass is 79.9. The smallest absolute Gasteiger partial charge is 0.198 e. The lowest BCUT2D eigenvalue weighted by molar-refractivity contribution is -0.696. The van der Waals surface area contributed by atoms with E-state index in [9.17, 15) is 0 Å². The van der Waals surface area contributed by atoms with E-state index in [2.05, 4.69) is 52.4 Å². The van der Waals surface area contributed by atoms with Crippen molar-refractivity contribution in [2.45, 2.75) is 77.7 Å². The van der Waals surface area contributed by atoms with Crippen LogP contribution in [-0.4, -0.2) is 15.0 Å². The molecule has 0 aliphatic rings. The van der Waals surface area contributed by atoms with Crippen LogP contribution in [0, 0.1) is 0 Å². The second-order valence-electron chi connectivity index (χ2n) is 7.47. The van der Waals surface area contributed by atoms with E-state index in [1.165, 1.54) is 64.2 Å². The molecule has 0 N–H and O–H groups in total. The molecule has 28 heavy (non-hydrogen) atoms. The molecule has 0 atom stereocenters. The number of hydrogen-bond acceptors (Lipinski definition) is 2. The van der Waals surface area contributed by atoms with E-state index in [-0.39, 0.29) is 17.0 Å². The van der Waals surface area contributed by atoms with E-state index in [0.29, 0.717) is 0 Å². The second-order valence-corrected chi connectivity index (χ2v) is 7.47. The number of benzene rings is 1. The molecule has 0 fully saturated rings. The third kappa shape index (κ3) is 6.69. The number of halogens is 1. The number of nitrogens with zero attached hydrogens (tertiary/aromatic N) is 4. The lowest BCUT2D eigenvalue weighted by Gasteiger charge is -2.02. The Kier molecular flexibility index (Phi) is 10.2. The lowest BCUT2D eigenvalue weighted by atomic mass is 10.1. The Morgan fingerprint density at radius 3 is 2.14 bits per heavy atom. The fourth-order valence-electron chi connectivity index (χ4n) is 3.60. The fourth-order valence-corrected chi connectivity index (χ4v) is 3.60. The second kappa shape index (κ2) is 12.7. The zero-order chi connectivity index (χ0) is 18.7. The van der Waals surface area contributed by atoms with E-state index >= 15 is 0 Å². The molecular weight excluding hydrogens is 412 g/mol. The molecule has 2 aromatic heterocycles. The minimum atomic E-state index is 0. The lowest BCUT2D eigenvalue weighted by Crippen LogP contribution is -3.00. The van der Waals surface area contributed by atoms with Crippen molar-refractivity contribution in [1.29, 1.82) is 0 Å². The van der Waals surface area contributed by atoms with Crippen LogP contribution in [0.3, 0.4) is 0 Å². The molecule has 0 aliphatic heterocycles. The number of aryl methyl sites for hydroxylation is 1. The summed E-state index contributed by atoms with van der Waals surface area (Å²) in [6.07, 6.45) is 18.0. The largest absolute Gasteiger partial charge is 1.00 e. The van der Waals surface area contributed by atoms with Crippen molar-refractivity contribution >= 4 is 11.0 Å². The zero-order valence-electron chi connectivity index (χ0n) is 17.1. The zero-order valence-corrected chi connectivity index (χ0v) is 18.6. The molecular formula is C23H33BrN4. The summed E-state index contributed by atoms with van der Waals surface area (Å²) in [6.45, 7) is 3.34. The van der Waals surface area contributed by atoms with Crippen molar-refractivity contribution in [3.8, 4) is 5.69 Å². The number of fused-ring (bicyclic) bond motifs is 1. The van der Waals surface area contributed by atoms with Crippen molar-refractivity contribution in [1.82, 2.24) is 15.0 Å². The van der Waals surface area contributed by atoms with Gasteiger partial charge in [-0.1, -0.05) is 81.7 Å². The molecule has 1 aromatic carbocycles. The molecule has 0 bridgehead atoms. The predicted molar refractivity (Wildman–Crippen MR) is 111 cm³/mol. The molecule has 5 heteroatoms. The first-order chi connectivity index (χ1) is 13.4. The van der Waals surface area contributed by atoms with Gasteiger partial charge in [-0.05, 0) is 18.6 Å². The Bertz CT molecular complexity index is 801. The molecule has 0 aliphatic carbocycles. The summed E-state index contributed by atoms with van der Waals surface area (Å²) in [7, 11) is 0. The Balaban J connectivity index is 0.00000280. The van der Waals surface area contributed by atoms with E-state index in [1.54, 1.807) is 0 Å². The van der Waals surface area contributed by atoms with E-state index in [4.69, 9.17) is 0 Å². The van der Waals surface area contributed by atoms with Crippen LogP contribution in [0.5, 0.6) is 0 Å². The standard InChI is InChI=1S/C23H33N4.BrH/c1-2-3-4-5-6-7-8-9-10-14-18-26-19-17-23-22(20-26)24-25-27(23)21-15-12-11-13-16-21;/h11-13,15-17,19-20H,2-10,14,18H2,1H3;1H/q+1;/p-1. The van der Waals surface area contributed by atoms with Gasteiger partial charge in [0, 0.05) is 12.5 Å². The number of pyridine rings is 1. The van der Waals surface area contributed by atoms with Gasteiger partial charge in [-0.2, -0.15) is 0 Å². The van der Waals surface area contributed by atoms with E-state index in [1.807, 2.05) is 22.9 Å². The van der Waals surface area contributed by atoms with Crippen molar-refractivity contribution in [3.63, 3.8) is 0 Å². The van der Waals surface area contributed by atoms with E-state index in [0.717, 1.165) is 23.3 Å². The third-order valence-electron chi connectivity index (χ3n) is 5.22. The van der Waals surface area contributed by atoms with Gasteiger partial charge in [-0.25, -0.2) is 9.25 Å². The van der Waals surface area contributed by atoms with Gasteiger partial charge in [0.2, 0.25) is 0 Å². The number of hydrogen-bond donors (Lipinski definition) is 0. The molecule has 4 nitrogen and oxygen atoms in total. The number of aromatic nitrogens is 4. The molecule has 3 rings (SSSR count). The quantitative estimate of drug-likeness (QED) is 0.317. The SMILES string of the molecule is CCCCCCCCCCCC[n+]1ccc2c(c1)nnn2-c1ccccc1.[Br-]. The number of para-hydroxylation sites is 1. The molecule has 2 heterocycles. The molecule has 3 aromatic rings. The van der Waals surface area contributed by atoms with Crippen LogP contribution in [0.25, 0.3) is 16.7 Å². The summed E-state index contributed by atoms with van der Waals surface area (Å²) in [5.41, 5.74) is 3.06. The summed E-state index contributed by atoms with van der Waals surface area (Å²) in [5.74, 6) is 0. The van der Waals surface area contributed by atoms with Crippen molar-refractivity contribution in [3.05, 3.63) is 48.8 Å². The molecule has 152 valence electrons. The van der Waals surface area contributed by atoms with Gasteiger partial charge in [-0.15, -0.1) is 5.10 Å². The maximum Gasteiger partial charge on any atom is 0.198 e. The first-order valence-electron chi connectivity index (χ1n) is 10.7. The summed E-state index contributed by atoms with van der Waals surface area (Å²) < 4.78 is 4.15. The van der Waals surface area contributed by atoms with Gasteiger partial charge in [0.25, 0.3) is 0 Å². The van der Waals surface area contributed by atoms with Gasteiger partial charge in [0.1, 0.15) is 12.1 Å². The fraction of sp³-hybridized carbons (Fsp3) is 0.522. The van der Waals surface area contributed by atoms with Crippen molar-refractivity contribution in [2.75, 3.05) is 0 Å². The summed E-state index contributed by atoms with van der Waals surface area (Å²) in [4.78, 5) is 0. The highest BCUT2D eigenvalue weighted by Gasteiger charge is 2.10.